The molecule has 1 heterocycles. The van der Waals surface area contributed by atoms with Gasteiger partial charge in [0, 0.05) is 30.7 Å². The lowest BCUT2D eigenvalue weighted by molar-refractivity contribution is -0.140. The summed E-state index contributed by atoms with van der Waals surface area (Å²) in [7, 11) is -2.22. The second kappa shape index (κ2) is 13.1. The Kier molecular flexibility index (Phi) is 10.6. The van der Waals surface area contributed by atoms with Crippen molar-refractivity contribution in [2.24, 2.45) is 5.92 Å². The van der Waals surface area contributed by atoms with Gasteiger partial charge in [0.1, 0.15) is 12.4 Å². The summed E-state index contributed by atoms with van der Waals surface area (Å²) in [4.78, 5) is 14.8. The van der Waals surface area contributed by atoms with Crippen LogP contribution in [0.1, 0.15) is 48.9 Å². The maximum atomic E-state index is 13.8. The standard InChI is InChI=1S/C29H41BrN2O6S/c1-20(2)18-32(39(35,36)28-21(3)17-26(37-6)22(4)23(28)5)15-16-38-19-27(33)31-13-11-29(34,12-14-31)24-7-9-25(30)10-8-24/h7-10,17,20,34H,11-16,18-19H2,1-6H3. The van der Waals surface area contributed by atoms with Crippen LogP contribution in [0.3, 0.4) is 0 Å². The van der Waals surface area contributed by atoms with Crippen LogP contribution in [0, 0.1) is 26.7 Å². The normalized spacial score (nSPS) is 15.7. The van der Waals surface area contributed by atoms with Gasteiger partial charge in [0.05, 0.1) is 24.2 Å². The largest absolute Gasteiger partial charge is 0.496 e. The zero-order valence-corrected chi connectivity index (χ0v) is 26.2. The summed E-state index contributed by atoms with van der Waals surface area (Å²) in [5.41, 5.74) is 1.98. The smallest absolute Gasteiger partial charge is 0.248 e. The molecule has 1 amide bonds. The summed E-state index contributed by atoms with van der Waals surface area (Å²) in [5, 5.41) is 11.1. The van der Waals surface area contributed by atoms with E-state index >= 15 is 0 Å². The average Bonchev–Trinajstić information content (AvgIpc) is 2.88. The molecule has 8 nitrogen and oxygen atoms in total. The minimum absolute atomic E-state index is 0.0988. The number of benzene rings is 2. The van der Waals surface area contributed by atoms with Crippen LogP contribution in [0.2, 0.25) is 0 Å². The van der Waals surface area contributed by atoms with Crippen LogP contribution >= 0.6 is 15.9 Å². The minimum Gasteiger partial charge on any atom is -0.496 e. The fraction of sp³-hybridized carbons (Fsp3) is 0.552. The molecule has 3 rings (SSSR count). The third-order valence-electron chi connectivity index (χ3n) is 7.40. The fourth-order valence-electron chi connectivity index (χ4n) is 5.07. The van der Waals surface area contributed by atoms with Gasteiger partial charge in [0.2, 0.25) is 15.9 Å². The molecule has 0 aromatic heterocycles. The van der Waals surface area contributed by atoms with Crippen molar-refractivity contribution >= 4 is 31.9 Å². The number of carbonyl (C=O) groups is 1. The van der Waals surface area contributed by atoms with Crippen molar-refractivity contribution in [2.45, 2.75) is 58.0 Å². The van der Waals surface area contributed by atoms with E-state index in [4.69, 9.17) is 9.47 Å². The highest BCUT2D eigenvalue weighted by Crippen LogP contribution is 2.34. The first-order valence-corrected chi connectivity index (χ1v) is 15.5. The van der Waals surface area contributed by atoms with Crippen molar-refractivity contribution in [3.8, 4) is 5.75 Å². The van der Waals surface area contributed by atoms with Crippen molar-refractivity contribution in [1.29, 1.82) is 0 Å². The molecule has 1 aliphatic heterocycles. The van der Waals surface area contributed by atoms with E-state index in [9.17, 15) is 18.3 Å². The number of carbonyl (C=O) groups excluding carboxylic acids is 1. The molecule has 10 heteroatoms. The first-order valence-electron chi connectivity index (χ1n) is 13.3. The van der Waals surface area contributed by atoms with Gasteiger partial charge in [-0.15, -0.1) is 0 Å². The predicted molar refractivity (Wildman–Crippen MR) is 155 cm³/mol. The number of hydrogen-bond donors (Lipinski definition) is 1. The number of rotatable bonds is 11. The van der Waals surface area contributed by atoms with Crippen LogP contribution in [-0.2, 0) is 25.2 Å². The molecule has 0 saturated carbocycles. The molecular formula is C29H41BrN2O6S. The molecule has 0 atom stereocenters. The predicted octanol–water partition coefficient (Wildman–Crippen LogP) is 4.56. The Hall–Kier alpha value is -1.98. The first kappa shape index (κ1) is 31.5. The third-order valence-corrected chi connectivity index (χ3v) is 10.1. The van der Waals surface area contributed by atoms with Gasteiger partial charge in [-0.05, 0) is 80.0 Å². The summed E-state index contributed by atoms with van der Waals surface area (Å²) in [5.74, 6) is 0.608. The molecule has 1 aliphatic rings. The number of methoxy groups -OCH3 is 1. The topological polar surface area (TPSA) is 96.4 Å². The van der Waals surface area contributed by atoms with Gasteiger partial charge in [0.15, 0.2) is 0 Å². The number of halogens is 1. The number of nitrogens with zero attached hydrogens (tertiary/aromatic N) is 2. The summed E-state index contributed by atoms with van der Waals surface area (Å²) in [6, 6.07) is 9.36. The zero-order valence-electron chi connectivity index (χ0n) is 23.8. The van der Waals surface area contributed by atoms with E-state index in [2.05, 4.69) is 15.9 Å². The number of sulfonamides is 1. The number of ether oxygens (including phenoxy) is 2. The SMILES string of the molecule is COc1cc(C)c(S(=O)(=O)N(CCOCC(=O)N2CCC(O)(c3ccc(Br)cc3)CC2)CC(C)C)c(C)c1C. The third kappa shape index (κ3) is 7.41. The molecule has 0 radical (unpaired) electrons. The Labute approximate surface area is 241 Å². The molecule has 0 spiro atoms. The Morgan fingerprint density at radius 2 is 1.74 bits per heavy atom. The second-order valence-electron chi connectivity index (χ2n) is 10.7. The fourth-order valence-corrected chi connectivity index (χ4v) is 7.41. The highest BCUT2D eigenvalue weighted by atomic mass is 79.9. The summed E-state index contributed by atoms with van der Waals surface area (Å²) in [6.07, 6.45) is 0.890. The first-order chi connectivity index (χ1) is 18.3. The van der Waals surface area contributed by atoms with Crippen LogP contribution in [0.4, 0.5) is 0 Å². The highest BCUT2D eigenvalue weighted by Gasteiger charge is 2.35. The summed E-state index contributed by atoms with van der Waals surface area (Å²) >= 11 is 3.41. The van der Waals surface area contributed by atoms with Crippen LogP contribution in [0.25, 0.3) is 0 Å². The van der Waals surface area contributed by atoms with E-state index in [1.54, 1.807) is 31.9 Å². The van der Waals surface area contributed by atoms with Gasteiger partial charge >= 0.3 is 0 Å². The number of piperidine rings is 1. The quantitative estimate of drug-likeness (QED) is 0.368. The molecule has 1 saturated heterocycles. The number of likely N-dealkylation sites (tertiary alicyclic amines) is 1. The molecule has 1 N–H and O–H groups in total. The van der Waals surface area contributed by atoms with Crippen molar-refractivity contribution in [3.05, 3.63) is 57.1 Å². The maximum absolute atomic E-state index is 13.8. The van der Waals surface area contributed by atoms with Gasteiger partial charge in [-0.1, -0.05) is 41.9 Å². The molecule has 39 heavy (non-hydrogen) atoms. The zero-order chi connectivity index (χ0) is 29.0. The summed E-state index contributed by atoms with van der Waals surface area (Å²) < 4.78 is 41.0. The molecule has 216 valence electrons. The molecule has 2 aromatic carbocycles. The molecule has 1 fully saturated rings. The maximum Gasteiger partial charge on any atom is 0.248 e. The van der Waals surface area contributed by atoms with E-state index < -0.39 is 15.6 Å². The van der Waals surface area contributed by atoms with Gasteiger partial charge in [0.25, 0.3) is 0 Å². The van der Waals surface area contributed by atoms with Crippen LogP contribution in [0.15, 0.2) is 39.7 Å². The van der Waals surface area contributed by atoms with Gasteiger partial charge in [-0.2, -0.15) is 4.31 Å². The number of amides is 1. The Morgan fingerprint density at radius 1 is 1.13 bits per heavy atom. The lowest BCUT2D eigenvalue weighted by Crippen LogP contribution is -2.46. The van der Waals surface area contributed by atoms with Crippen molar-refractivity contribution < 1.29 is 27.8 Å². The lowest BCUT2D eigenvalue weighted by atomic mass is 9.84. The van der Waals surface area contributed by atoms with Crippen LogP contribution in [-0.4, -0.2) is 75.1 Å². The van der Waals surface area contributed by atoms with Crippen molar-refractivity contribution in [3.63, 3.8) is 0 Å². The molecular weight excluding hydrogens is 584 g/mol. The number of aliphatic hydroxyl groups is 1. The van der Waals surface area contributed by atoms with Gasteiger partial charge in [-0.3, -0.25) is 4.79 Å². The Balaban J connectivity index is 1.59. The monoisotopic (exact) mass is 624 g/mol. The summed E-state index contributed by atoms with van der Waals surface area (Å²) in [6.45, 7) is 10.7. The molecule has 2 aromatic rings. The van der Waals surface area contributed by atoms with E-state index in [0.29, 0.717) is 54.2 Å². The average molecular weight is 626 g/mol. The van der Waals surface area contributed by atoms with Crippen molar-refractivity contribution in [2.75, 3.05) is 46.5 Å². The Morgan fingerprint density at radius 3 is 2.31 bits per heavy atom. The van der Waals surface area contributed by atoms with Gasteiger partial charge < -0.3 is 19.5 Å². The lowest BCUT2D eigenvalue weighted by Gasteiger charge is -2.38. The second-order valence-corrected chi connectivity index (χ2v) is 13.5. The molecule has 0 bridgehead atoms. The van der Waals surface area contributed by atoms with E-state index in [1.807, 2.05) is 45.0 Å². The molecule has 0 unspecified atom stereocenters. The Bertz CT molecular complexity index is 1260. The van der Waals surface area contributed by atoms with E-state index in [1.165, 1.54) is 4.31 Å². The number of aryl methyl sites for hydroxylation is 1. The van der Waals surface area contributed by atoms with Gasteiger partial charge in [-0.25, -0.2) is 8.42 Å². The number of hydrogen-bond acceptors (Lipinski definition) is 6. The van der Waals surface area contributed by atoms with E-state index in [-0.39, 0.29) is 31.6 Å². The van der Waals surface area contributed by atoms with E-state index in [0.717, 1.165) is 15.6 Å². The minimum atomic E-state index is -3.80. The molecule has 0 aliphatic carbocycles. The highest BCUT2D eigenvalue weighted by molar-refractivity contribution is 9.10. The van der Waals surface area contributed by atoms with Crippen LogP contribution in [0.5, 0.6) is 5.75 Å². The van der Waals surface area contributed by atoms with Crippen molar-refractivity contribution in [1.82, 2.24) is 9.21 Å². The van der Waals surface area contributed by atoms with Crippen LogP contribution < -0.4 is 4.74 Å².